The molecule has 0 spiro atoms. The third kappa shape index (κ3) is 2.40. The number of amides is 1. The average Bonchev–Trinajstić information content (AvgIpc) is 3.13. The van der Waals surface area contributed by atoms with Crippen molar-refractivity contribution in [1.29, 1.82) is 5.26 Å². The van der Waals surface area contributed by atoms with E-state index < -0.39 is 0 Å². The minimum atomic E-state index is -0.0726. The molecule has 0 saturated heterocycles. The summed E-state index contributed by atoms with van der Waals surface area (Å²) in [6.45, 7) is 2.21. The van der Waals surface area contributed by atoms with Crippen molar-refractivity contribution in [2.75, 3.05) is 0 Å². The van der Waals surface area contributed by atoms with Crippen molar-refractivity contribution < 1.29 is 4.79 Å². The Morgan fingerprint density at radius 2 is 2.45 bits per heavy atom. The largest absolute Gasteiger partial charge is 0.352 e. The fourth-order valence-electron chi connectivity index (χ4n) is 3.92. The number of nitrogens with one attached hydrogen (secondary N) is 1. The predicted molar refractivity (Wildman–Crippen MR) is 71.3 cm³/mol. The second kappa shape index (κ2) is 5.23. The summed E-state index contributed by atoms with van der Waals surface area (Å²) in [5, 5.41) is 19.2. The molecule has 4 atom stereocenters. The summed E-state index contributed by atoms with van der Waals surface area (Å²) in [6, 6.07) is 2.13. The molecule has 20 heavy (non-hydrogen) atoms. The fourth-order valence-corrected chi connectivity index (χ4v) is 3.92. The zero-order chi connectivity index (χ0) is 14.1. The molecule has 2 aliphatic rings. The van der Waals surface area contributed by atoms with E-state index in [1.54, 1.807) is 0 Å². The lowest BCUT2D eigenvalue weighted by Crippen LogP contribution is -2.41. The molecule has 106 valence electrons. The van der Waals surface area contributed by atoms with Crippen molar-refractivity contribution in [1.82, 2.24) is 20.1 Å². The molecule has 1 aromatic rings. The Hall–Kier alpha value is -1.90. The van der Waals surface area contributed by atoms with Gasteiger partial charge in [-0.05, 0) is 43.9 Å². The standard InChI is InChI=1S/C14H19N5O/c1-9(12-5-10-2-3-11(12)4-10)17-14(20)7-19-8-16-18-13(19)6-15/h8-12H,2-5,7H2,1H3,(H,17,20). The van der Waals surface area contributed by atoms with E-state index in [4.69, 9.17) is 5.26 Å². The molecule has 3 rings (SSSR count). The highest BCUT2D eigenvalue weighted by molar-refractivity contribution is 5.76. The predicted octanol–water partition coefficient (Wildman–Crippen LogP) is 1.09. The van der Waals surface area contributed by atoms with Gasteiger partial charge in [0, 0.05) is 6.04 Å². The van der Waals surface area contributed by atoms with Gasteiger partial charge < -0.3 is 5.32 Å². The quantitative estimate of drug-likeness (QED) is 0.890. The molecule has 1 N–H and O–H groups in total. The van der Waals surface area contributed by atoms with Gasteiger partial charge in [0.05, 0.1) is 0 Å². The number of carbonyl (C=O) groups excluding carboxylic acids is 1. The highest BCUT2D eigenvalue weighted by Crippen LogP contribution is 2.49. The third-order valence-corrected chi connectivity index (χ3v) is 4.85. The normalized spacial score (nSPS) is 29.1. The minimum Gasteiger partial charge on any atom is -0.352 e. The summed E-state index contributed by atoms with van der Waals surface area (Å²) in [5.74, 6) is 2.39. The zero-order valence-electron chi connectivity index (χ0n) is 11.6. The molecular weight excluding hydrogens is 254 g/mol. The second-order valence-corrected chi connectivity index (χ2v) is 6.09. The Bertz CT molecular complexity index is 546. The van der Waals surface area contributed by atoms with Crippen LogP contribution in [0.25, 0.3) is 0 Å². The van der Waals surface area contributed by atoms with Crippen LogP contribution in [0.5, 0.6) is 0 Å². The van der Waals surface area contributed by atoms with Gasteiger partial charge in [-0.25, -0.2) is 0 Å². The molecule has 1 aromatic heterocycles. The van der Waals surface area contributed by atoms with Crippen LogP contribution in [0, 0.1) is 29.1 Å². The van der Waals surface area contributed by atoms with Crippen molar-refractivity contribution in [3.63, 3.8) is 0 Å². The highest BCUT2D eigenvalue weighted by atomic mass is 16.2. The third-order valence-electron chi connectivity index (χ3n) is 4.85. The van der Waals surface area contributed by atoms with E-state index >= 15 is 0 Å². The summed E-state index contributed by atoms with van der Waals surface area (Å²) in [5.41, 5.74) is 0. The Labute approximate surface area is 118 Å². The van der Waals surface area contributed by atoms with Gasteiger partial charge in [0.2, 0.25) is 11.7 Å². The van der Waals surface area contributed by atoms with E-state index in [0.29, 0.717) is 5.92 Å². The lowest BCUT2D eigenvalue weighted by Gasteiger charge is -2.28. The van der Waals surface area contributed by atoms with Gasteiger partial charge >= 0.3 is 0 Å². The fraction of sp³-hybridized carbons (Fsp3) is 0.714. The number of rotatable bonds is 4. The van der Waals surface area contributed by atoms with Crippen molar-refractivity contribution in [3.05, 3.63) is 12.2 Å². The molecule has 0 aliphatic heterocycles. The average molecular weight is 273 g/mol. The second-order valence-electron chi connectivity index (χ2n) is 6.09. The molecule has 1 heterocycles. The van der Waals surface area contributed by atoms with Gasteiger partial charge in [-0.3, -0.25) is 9.36 Å². The number of nitrogens with zero attached hydrogens (tertiary/aromatic N) is 4. The molecule has 2 bridgehead atoms. The molecule has 0 aromatic carbocycles. The van der Waals surface area contributed by atoms with Crippen LogP contribution in [0.3, 0.4) is 0 Å². The van der Waals surface area contributed by atoms with Crippen molar-refractivity contribution in [3.8, 4) is 6.07 Å². The maximum atomic E-state index is 12.1. The van der Waals surface area contributed by atoms with Crippen LogP contribution in [0.15, 0.2) is 6.33 Å². The van der Waals surface area contributed by atoms with E-state index in [-0.39, 0.29) is 24.3 Å². The smallest absolute Gasteiger partial charge is 0.240 e. The molecule has 1 amide bonds. The minimum absolute atomic E-state index is 0.0726. The van der Waals surface area contributed by atoms with Gasteiger partial charge in [-0.2, -0.15) is 5.26 Å². The van der Waals surface area contributed by atoms with E-state index in [2.05, 4.69) is 22.4 Å². The number of carbonyl (C=O) groups is 1. The van der Waals surface area contributed by atoms with Crippen LogP contribution >= 0.6 is 0 Å². The maximum Gasteiger partial charge on any atom is 0.240 e. The number of fused-ring (bicyclic) bond motifs is 2. The lowest BCUT2D eigenvalue weighted by molar-refractivity contribution is -0.122. The molecule has 6 heteroatoms. The molecule has 6 nitrogen and oxygen atoms in total. The highest BCUT2D eigenvalue weighted by Gasteiger charge is 2.42. The van der Waals surface area contributed by atoms with Crippen LogP contribution in [0.4, 0.5) is 0 Å². The van der Waals surface area contributed by atoms with Gasteiger partial charge in [0.25, 0.3) is 0 Å². The zero-order valence-corrected chi connectivity index (χ0v) is 11.6. The van der Waals surface area contributed by atoms with Crippen LogP contribution in [0.2, 0.25) is 0 Å². The first kappa shape index (κ1) is 13.1. The molecule has 2 saturated carbocycles. The van der Waals surface area contributed by atoms with Gasteiger partial charge in [-0.15, -0.1) is 10.2 Å². The van der Waals surface area contributed by atoms with Crippen molar-refractivity contribution in [2.45, 2.75) is 45.2 Å². The van der Waals surface area contributed by atoms with E-state index in [1.807, 2.05) is 6.07 Å². The summed E-state index contributed by atoms with van der Waals surface area (Å²) >= 11 is 0. The van der Waals surface area contributed by atoms with Crippen LogP contribution in [0.1, 0.15) is 38.4 Å². The van der Waals surface area contributed by atoms with Crippen LogP contribution in [-0.4, -0.2) is 26.7 Å². The van der Waals surface area contributed by atoms with Crippen molar-refractivity contribution in [2.24, 2.45) is 17.8 Å². The molecule has 2 aliphatic carbocycles. The maximum absolute atomic E-state index is 12.1. The molecule has 4 unspecified atom stereocenters. The lowest BCUT2D eigenvalue weighted by atomic mass is 9.84. The number of aromatic nitrogens is 3. The van der Waals surface area contributed by atoms with Crippen molar-refractivity contribution >= 4 is 5.91 Å². The number of nitriles is 1. The van der Waals surface area contributed by atoms with Crippen LogP contribution < -0.4 is 5.32 Å². The number of hydrogen-bond acceptors (Lipinski definition) is 4. The summed E-state index contributed by atoms with van der Waals surface area (Å²) in [7, 11) is 0. The molecule has 0 radical (unpaired) electrons. The summed E-state index contributed by atoms with van der Waals surface area (Å²) < 4.78 is 1.48. The first-order chi connectivity index (χ1) is 9.67. The first-order valence-corrected chi connectivity index (χ1v) is 7.24. The van der Waals surface area contributed by atoms with Gasteiger partial charge in [0.1, 0.15) is 18.9 Å². The Morgan fingerprint density at radius 3 is 3.10 bits per heavy atom. The first-order valence-electron chi connectivity index (χ1n) is 7.24. The van der Waals surface area contributed by atoms with Gasteiger partial charge in [-0.1, -0.05) is 6.42 Å². The van der Waals surface area contributed by atoms with E-state index in [0.717, 1.165) is 11.8 Å². The van der Waals surface area contributed by atoms with E-state index in [9.17, 15) is 4.79 Å². The monoisotopic (exact) mass is 273 g/mol. The molecule has 2 fully saturated rings. The Morgan fingerprint density at radius 1 is 1.60 bits per heavy atom. The molecular formula is C14H19N5O. The van der Waals surface area contributed by atoms with E-state index in [1.165, 1.54) is 36.6 Å². The number of hydrogen-bond donors (Lipinski definition) is 1. The Kier molecular flexibility index (Phi) is 3.43. The van der Waals surface area contributed by atoms with Gasteiger partial charge in [0.15, 0.2) is 0 Å². The summed E-state index contributed by atoms with van der Waals surface area (Å²) in [6.07, 6.45) is 6.70. The Balaban J connectivity index is 1.55. The summed E-state index contributed by atoms with van der Waals surface area (Å²) in [4.78, 5) is 12.1. The topological polar surface area (TPSA) is 83.6 Å². The SMILES string of the molecule is CC(NC(=O)Cn1cnnc1C#N)C1CC2CCC1C2. The van der Waals surface area contributed by atoms with Crippen LogP contribution in [-0.2, 0) is 11.3 Å².